The van der Waals surface area contributed by atoms with E-state index in [1.165, 1.54) is 14.2 Å². The maximum atomic E-state index is 11.6. The Hall–Kier alpha value is -2.97. The van der Waals surface area contributed by atoms with Gasteiger partial charge in [-0.25, -0.2) is 4.79 Å². The predicted octanol–water partition coefficient (Wildman–Crippen LogP) is -1.12. The third-order valence-electron chi connectivity index (χ3n) is 2.99. The highest BCUT2D eigenvalue weighted by Crippen LogP contribution is 2.27. The van der Waals surface area contributed by atoms with Gasteiger partial charge in [0.2, 0.25) is 11.8 Å². The molecule has 23 heavy (non-hydrogen) atoms. The van der Waals surface area contributed by atoms with E-state index in [4.69, 9.17) is 20.9 Å². The predicted molar refractivity (Wildman–Crippen MR) is 82.0 cm³/mol. The van der Waals surface area contributed by atoms with E-state index in [0.29, 0.717) is 17.9 Å². The number of carbonyl (C=O) groups excluding carboxylic acids is 3. The molecule has 0 radical (unpaired) electrons. The molecular weight excluding hydrogens is 304 g/mol. The highest BCUT2D eigenvalue weighted by atomic mass is 16.5. The Bertz CT molecular complexity index is 577. The Morgan fingerprint density at radius 3 is 2.22 bits per heavy atom. The first kappa shape index (κ1) is 18.1. The minimum atomic E-state index is -1.55. The zero-order chi connectivity index (χ0) is 17.4. The number of rotatable bonds is 8. The average molecular weight is 324 g/mol. The largest absolute Gasteiger partial charge is 0.493 e. The highest BCUT2D eigenvalue weighted by Gasteiger charge is 2.23. The van der Waals surface area contributed by atoms with Gasteiger partial charge in [-0.05, 0) is 24.1 Å². The molecule has 0 unspecified atom stereocenters. The maximum Gasteiger partial charge on any atom is 0.315 e. The molecule has 0 aliphatic rings. The van der Waals surface area contributed by atoms with Gasteiger partial charge in [0.15, 0.2) is 17.5 Å². The number of carbonyl (C=O) groups is 3. The molecule has 0 saturated carbocycles. The topological polar surface area (TPSA) is 146 Å². The van der Waals surface area contributed by atoms with Crippen LogP contribution in [-0.4, -0.2) is 44.7 Å². The molecule has 1 aromatic carbocycles. The number of nitrogens with two attached hydrogens (primary N) is 2. The summed E-state index contributed by atoms with van der Waals surface area (Å²) in [6.07, 6.45) is 0.506. The number of hydrogen-bond donors (Lipinski definition) is 4. The summed E-state index contributed by atoms with van der Waals surface area (Å²) in [5.41, 5.74) is 10.8. The fraction of sp³-hybridized carbons (Fsp3) is 0.357. The number of amides is 4. The van der Waals surface area contributed by atoms with Gasteiger partial charge < -0.3 is 31.6 Å². The molecule has 0 aliphatic carbocycles. The van der Waals surface area contributed by atoms with Crippen LogP contribution in [0, 0.1) is 0 Å². The summed E-state index contributed by atoms with van der Waals surface area (Å²) in [7, 11) is 3.07. The second-order valence-corrected chi connectivity index (χ2v) is 4.58. The van der Waals surface area contributed by atoms with Gasteiger partial charge in [-0.15, -0.1) is 0 Å². The van der Waals surface area contributed by atoms with E-state index in [1.54, 1.807) is 12.1 Å². The van der Waals surface area contributed by atoms with Crippen LogP contribution >= 0.6 is 0 Å². The van der Waals surface area contributed by atoms with Gasteiger partial charge in [0, 0.05) is 6.54 Å². The molecule has 1 rings (SSSR count). The van der Waals surface area contributed by atoms with E-state index in [-0.39, 0.29) is 6.54 Å². The average Bonchev–Trinajstić information content (AvgIpc) is 2.51. The van der Waals surface area contributed by atoms with Gasteiger partial charge in [-0.2, -0.15) is 0 Å². The summed E-state index contributed by atoms with van der Waals surface area (Å²) in [5.74, 6) is -0.857. The summed E-state index contributed by atoms with van der Waals surface area (Å²) >= 11 is 0. The molecule has 0 aliphatic heterocycles. The third kappa shape index (κ3) is 5.38. The van der Waals surface area contributed by atoms with Crippen LogP contribution < -0.4 is 31.6 Å². The van der Waals surface area contributed by atoms with Crippen molar-refractivity contribution in [3.05, 3.63) is 23.8 Å². The van der Waals surface area contributed by atoms with Gasteiger partial charge in [0.05, 0.1) is 14.2 Å². The Morgan fingerprint density at radius 2 is 1.70 bits per heavy atom. The van der Waals surface area contributed by atoms with Gasteiger partial charge in [-0.3, -0.25) is 9.59 Å². The van der Waals surface area contributed by atoms with Crippen molar-refractivity contribution < 1.29 is 23.9 Å². The van der Waals surface area contributed by atoms with Crippen LogP contribution in [-0.2, 0) is 16.0 Å². The molecule has 0 aromatic heterocycles. The Labute approximate surface area is 133 Å². The molecule has 4 amide bonds. The van der Waals surface area contributed by atoms with E-state index in [9.17, 15) is 14.4 Å². The van der Waals surface area contributed by atoms with E-state index in [0.717, 1.165) is 5.56 Å². The number of benzene rings is 1. The summed E-state index contributed by atoms with van der Waals surface area (Å²) in [6.45, 7) is 0.269. The molecule has 1 aromatic rings. The highest BCUT2D eigenvalue weighted by molar-refractivity contribution is 6.05. The second kappa shape index (κ2) is 8.47. The standard InChI is InChI=1S/C14H20N4O5/c1-22-9-4-3-8(7-10(9)23-2)5-6-17-14(21)18-11(12(15)19)13(16)20/h3-4,7,11H,5-6H2,1-2H3,(H2,15,19)(H2,16,20)(H2,17,18,21). The van der Waals surface area contributed by atoms with E-state index >= 15 is 0 Å². The number of primary amides is 2. The molecule has 0 saturated heterocycles. The van der Waals surface area contributed by atoms with Crippen LogP contribution in [0.4, 0.5) is 4.79 Å². The fourth-order valence-electron chi connectivity index (χ4n) is 1.82. The lowest BCUT2D eigenvalue weighted by atomic mass is 10.1. The monoisotopic (exact) mass is 324 g/mol. The SMILES string of the molecule is COc1ccc(CCNC(=O)NC(C(N)=O)C(N)=O)cc1OC. The summed E-state index contributed by atoms with van der Waals surface area (Å²) in [5, 5.41) is 4.60. The Balaban J connectivity index is 2.52. The lowest BCUT2D eigenvalue weighted by Crippen LogP contribution is -2.55. The van der Waals surface area contributed by atoms with Crippen LogP contribution in [0.15, 0.2) is 18.2 Å². The van der Waals surface area contributed by atoms with E-state index < -0.39 is 23.9 Å². The van der Waals surface area contributed by atoms with Gasteiger partial charge in [0.25, 0.3) is 0 Å². The molecule has 0 fully saturated rings. The Morgan fingerprint density at radius 1 is 1.09 bits per heavy atom. The van der Waals surface area contributed by atoms with Gasteiger partial charge in [0.1, 0.15) is 0 Å². The number of nitrogens with one attached hydrogen (secondary N) is 2. The number of urea groups is 1. The van der Waals surface area contributed by atoms with Crippen molar-refractivity contribution in [3.8, 4) is 11.5 Å². The van der Waals surface area contributed by atoms with Crippen LogP contribution in [0.1, 0.15) is 5.56 Å². The van der Waals surface area contributed by atoms with Crippen LogP contribution in [0.25, 0.3) is 0 Å². The first-order chi connectivity index (χ1) is 10.9. The second-order valence-electron chi connectivity index (χ2n) is 4.58. The van der Waals surface area contributed by atoms with Crippen molar-refractivity contribution in [3.63, 3.8) is 0 Å². The first-order valence-electron chi connectivity index (χ1n) is 6.73. The minimum Gasteiger partial charge on any atom is -0.493 e. The Kier molecular flexibility index (Phi) is 6.66. The number of ether oxygens (including phenoxy) is 2. The smallest absolute Gasteiger partial charge is 0.315 e. The van der Waals surface area contributed by atoms with Crippen molar-refractivity contribution in [2.24, 2.45) is 11.5 Å². The molecular formula is C14H20N4O5. The summed E-state index contributed by atoms with van der Waals surface area (Å²) < 4.78 is 10.3. The van der Waals surface area contributed by atoms with Crippen LogP contribution in [0.3, 0.4) is 0 Å². The van der Waals surface area contributed by atoms with Crippen LogP contribution in [0.5, 0.6) is 11.5 Å². The first-order valence-corrected chi connectivity index (χ1v) is 6.73. The molecule has 0 spiro atoms. The summed E-state index contributed by atoms with van der Waals surface area (Å²) in [4.78, 5) is 33.5. The van der Waals surface area contributed by atoms with E-state index in [1.807, 2.05) is 6.07 Å². The lowest BCUT2D eigenvalue weighted by molar-refractivity contribution is -0.128. The molecule has 0 atom stereocenters. The van der Waals surface area contributed by atoms with Crippen molar-refractivity contribution >= 4 is 17.8 Å². The van der Waals surface area contributed by atoms with Crippen molar-refractivity contribution in [2.45, 2.75) is 12.5 Å². The zero-order valence-corrected chi connectivity index (χ0v) is 12.9. The molecule has 6 N–H and O–H groups in total. The quantitative estimate of drug-likeness (QED) is 0.448. The van der Waals surface area contributed by atoms with Gasteiger partial charge >= 0.3 is 6.03 Å². The normalized spacial score (nSPS) is 10.0. The lowest BCUT2D eigenvalue weighted by Gasteiger charge is -2.13. The van der Waals surface area contributed by atoms with Crippen molar-refractivity contribution in [1.29, 1.82) is 0 Å². The molecule has 0 heterocycles. The number of hydrogen-bond acceptors (Lipinski definition) is 5. The minimum absolute atomic E-state index is 0.269. The molecule has 126 valence electrons. The van der Waals surface area contributed by atoms with Crippen molar-refractivity contribution in [1.82, 2.24) is 10.6 Å². The molecule has 9 heteroatoms. The van der Waals surface area contributed by atoms with Crippen molar-refractivity contribution in [2.75, 3.05) is 20.8 Å². The van der Waals surface area contributed by atoms with E-state index in [2.05, 4.69) is 10.6 Å². The number of methoxy groups -OCH3 is 2. The third-order valence-corrected chi connectivity index (χ3v) is 2.99. The maximum absolute atomic E-state index is 11.6. The molecule has 9 nitrogen and oxygen atoms in total. The summed E-state index contributed by atoms with van der Waals surface area (Å²) in [6, 6.07) is 3.11. The fourth-order valence-corrected chi connectivity index (χ4v) is 1.82. The van der Waals surface area contributed by atoms with Crippen LogP contribution in [0.2, 0.25) is 0 Å². The zero-order valence-electron chi connectivity index (χ0n) is 12.9. The molecule has 0 bridgehead atoms. The van der Waals surface area contributed by atoms with Gasteiger partial charge in [-0.1, -0.05) is 6.07 Å².